The number of nitrogens with zero attached hydrogens (tertiary/aromatic N) is 1. The Hall–Kier alpha value is -2.53. The van der Waals surface area contributed by atoms with Crippen LogP contribution in [0.25, 0.3) is 0 Å². The van der Waals surface area contributed by atoms with Crippen LogP contribution in [-0.2, 0) is 6.42 Å². The summed E-state index contributed by atoms with van der Waals surface area (Å²) < 4.78 is 0. The fourth-order valence-electron chi connectivity index (χ4n) is 3.17. The molecule has 0 aromatic heterocycles. The number of carbonyl (C=O) groups is 2. The van der Waals surface area contributed by atoms with Gasteiger partial charge in [-0.1, -0.05) is 23.7 Å². The molecule has 26 heavy (non-hydrogen) atoms. The van der Waals surface area contributed by atoms with Gasteiger partial charge in [0.15, 0.2) is 0 Å². The van der Waals surface area contributed by atoms with Gasteiger partial charge in [-0.3, -0.25) is 4.79 Å². The van der Waals surface area contributed by atoms with Crippen LogP contribution >= 0.6 is 11.6 Å². The van der Waals surface area contributed by atoms with Crippen molar-refractivity contribution in [3.63, 3.8) is 0 Å². The summed E-state index contributed by atoms with van der Waals surface area (Å²) in [6.07, 6.45) is 1.99. The van der Waals surface area contributed by atoms with Crippen LogP contribution in [0.1, 0.15) is 28.8 Å². The molecule has 0 aliphatic carbocycles. The lowest BCUT2D eigenvalue weighted by atomic mass is 9.99. The Bertz CT molecular complexity index is 775. The Labute approximate surface area is 157 Å². The van der Waals surface area contributed by atoms with E-state index >= 15 is 0 Å². The lowest BCUT2D eigenvalue weighted by Crippen LogP contribution is -2.26. The monoisotopic (exact) mass is 372 g/mol. The number of halogens is 1. The van der Waals surface area contributed by atoms with Crippen molar-refractivity contribution in [3.05, 3.63) is 64.7 Å². The Balaban J connectivity index is 1.50. The molecule has 2 aromatic rings. The molecule has 3 rings (SSSR count). The van der Waals surface area contributed by atoms with Gasteiger partial charge in [0.2, 0.25) is 0 Å². The fraction of sp³-hybridized carbons (Fsp3) is 0.300. The van der Waals surface area contributed by atoms with Gasteiger partial charge in [0, 0.05) is 29.4 Å². The van der Waals surface area contributed by atoms with E-state index in [-0.39, 0.29) is 5.91 Å². The van der Waals surface area contributed by atoms with Crippen LogP contribution in [0.5, 0.6) is 0 Å². The maximum absolute atomic E-state index is 12.2. The summed E-state index contributed by atoms with van der Waals surface area (Å²) in [5.74, 6) is 0.254. The molecule has 2 aromatic carbocycles. The number of carbonyl (C=O) groups excluding carboxylic acids is 1. The molecule has 0 bridgehead atoms. The number of aryl methyl sites for hydroxylation is 1. The van der Waals surface area contributed by atoms with E-state index in [1.54, 1.807) is 24.3 Å². The molecule has 1 unspecified atom stereocenters. The Morgan fingerprint density at radius 2 is 1.81 bits per heavy atom. The minimum atomic E-state index is -0.826. The van der Waals surface area contributed by atoms with Crippen LogP contribution in [0.15, 0.2) is 48.5 Å². The van der Waals surface area contributed by atoms with Crippen LogP contribution in [0.3, 0.4) is 0 Å². The number of anilines is 1. The van der Waals surface area contributed by atoms with Crippen LogP contribution in [-0.4, -0.2) is 35.1 Å². The molecule has 1 heterocycles. The Morgan fingerprint density at radius 3 is 2.42 bits per heavy atom. The molecule has 6 heteroatoms. The van der Waals surface area contributed by atoms with Crippen LogP contribution in [0.2, 0.25) is 5.02 Å². The third kappa shape index (κ3) is 4.76. The number of rotatable bonds is 5. The third-order valence-corrected chi connectivity index (χ3v) is 4.97. The third-order valence-electron chi connectivity index (χ3n) is 4.72. The molecule has 2 amide bonds. The van der Waals surface area contributed by atoms with E-state index in [1.165, 1.54) is 10.5 Å². The molecule has 0 spiro atoms. The van der Waals surface area contributed by atoms with Crippen LogP contribution < -0.4 is 5.32 Å². The Morgan fingerprint density at radius 1 is 1.12 bits per heavy atom. The Kier molecular flexibility index (Phi) is 5.78. The smallest absolute Gasteiger partial charge is 0.407 e. The number of likely N-dealkylation sites (tertiary alicyclic amines) is 1. The number of nitrogens with one attached hydrogen (secondary N) is 1. The van der Waals surface area contributed by atoms with Gasteiger partial charge in [-0.05, 0) is 67.1 Å². The normalized spacial score (nSPS) is 16.5. The lowest BCUT2D eigenvalue weighted by Gasteiger charge is -2.12. The zero-order valence-electron chi connectivity index (χ0n) is 14.3. The van der Waals surface area contributed by atoms with E-state index in [0.29, 0.717) is 29.6 Å². The maximum atomic E-state index is 12.2. The summed E-state index contributed by atoms with van der Waals surface area (Å²) >= 11 is 5.83. The molecule has 1 fully saturated rings. The van der Waals surface area contributed by atoms with Crippen molar-refractivity contribution >= 4 is 29.3 Å². The summed E-state index contributed by atoms with van der Waals surface area (Å²) in [6.45, 7) is 1.26. The molecule has 136 valence electrons. The van der Waals surface area contributed by atoms with E-state index in [4.69, 9.17) is 16.7 Å². The minimum Gasteiger partial charge on any atom is -0.465 e. The van der Waals surface area contributed by atoms with Crippen molar-refractivity contribution < 1.29 is 14.7 Å². The lowest BCUT2D eigenvalue weighted by molar-refractivity contribution is 0.102. The first-order valence-corrected chi connectivity index (χ1v) is 9.03. The average molecular weight is 373 g/mol. The van der Waals surface area contributed by atoms with E-state index in [2.05, 4.69) is 5.32 Å². The highest BCUT2D eigenvalue weighted by atomic mass is 35.5. The highest BCUT2D eigenvalue weighted by molar-refractivity contribution is 6.30. The summed E-state index contributed by atoms with van der Waals surface area (Å²) in [6, 6.07) is 14.5. The van der Waals surface area contributed by atoms with Gasteiger partial charge in [-0.25, -0.2) is 4.79 Å². The molecule has 1 saturated heterocycles. The standard InChI is InChI=1S/C20H21ClN2O3/c21-17-7-5-16(6-8-17)19(24)22-18-9-3-14(4-10-18)1-2-15-11-12-23(13-15)20(25)26/h3-10,15H,1-2,11-13H2,(H,22,24)(H,25,26). The molecule has 2 N–H and O–H groups in total. The van der Waals surface area contributed by atoms with Crippen molar-refractivity contribution in [2.45, 2.75) is 19.3 Å². The number of amides is 2. The number of benzene rings is 2. The van der Waals surface area contributed by atoms with Gasteiger partial charge in [0.25, 0.3) is 5.91 Å². The van der Waals surface area contributed by atoms with Crippen LogP contribution in [0.4, 0.5) is 10.5 Å². The molecule has 0 radical (unpaired) electrons. The predicted molar refractivity (Wildman–Crippen MR) is 102 cm³/mol. The maximum Gasteiger partial charge on any atom is 0.407 e. The summed E-state index contributed by atoms with van der Waals surface area (Å²) in [7, 11) is 0. The minimum absolute atomic E-state index is 0.172. The van der Waals surface area contributed by atoms with Crippen molar-refractivity contribution in [2.24, 2.45) is 5.92 Å². The van der Waals surface area contributed by atoms with E-state index in [0.717, 1.165) is 24.9 Å². The second-order valence-corrected chi connectivity index (χ2v) is 7.02. The van der Waals surface area contributed by atoms with Crippen LogP contribution in [0, 0.1) is 5.92 Å². The molecule has 1 atom stereocenters. The van der Waals surface area contributed by atoms with Gasteiger partial charge < -0.3 is 15.3 Å². The van der Waals surface area contributed by atoms with Gasteiger partial charge in [-0.2, -0.15) is 0 Å². The summed E-state index contributed by atoms with van der Waals surface area (Å²) in [4.78, 5) is 24.6. The summed E-state index contributed by atoms with van der Waals surface area (Å²) in [5.41, 5.74) is 2.48. The summed E-state index contributed by atoms with van der Waals surface area (Å²) in [5, 5.41) is 12.5. The molecular weight excluding hydrogens is 352 g/mol. The zero-order chi connectivity index (χ0) is 18.5. The van der Waals surface area contributed by atoms with Crippen molar-refractivity contribution in [1.82, 2.24) is 4.90 Å². The molecule has 5 nitrogen and oxygen atoms in total. The van der Waals surface area contributed by atoms with Gasteiger partial charge in [-0.15, -0.1) is 0 Å². The molecular formula is C20H21ClN2O3. The first kappa shape index (κ1) is 18.3. The second-order valence-electron chi connectivity index (χ2n) is 6.58. The van der Waals surface area contributed by atoms with Gasteiger partial charge in [0.1, 0.15) is 0 Å². The van der Waals surface area contributed by atoms with Crippen molar-refractivity contribution in [2.75, 3.05) is 18.4 Å². The second kappa shape index (κ2) is 8.23. The van der Waals surface area contributed by atoms with E-state index in [9.17, 15) is 9.59 Å². The number of carboxylic acid groups (broad SMARTS) is 1. The zero-order valence-corrected chi connectivity index (χ0v) is 15.1. The number of hydrogen-bond acceptors (Lipinski definition) is 2. The quantitative estimate of drug-likeness (QED) is 0.810. The predicted octanol–water partition coefficient (Wildman–Crippen LogP) is 4.52. The molecule has 1 aliphatic heterocycles. The average Bonchev–Trinajstić information content (AvgIpc) is 3.11. The SMILES string of the molecule is O=C(Nc1ccc(CCC2CCN(C(=O)O)C2)cc1)c1ccc(Cl)cc1. The first-order chi connectivity index (χ1) is 12.5. The van der Waals surface area contributed by atoms with E-state index < -0.39 is 6.09 Å². The number of hydrogen-bond donors (Lipinski definition) is 2. The molecule has 1 aliphatic rings. The van der Waals surface area contributed by atoms with Gasteiger partial charge in [0.05, 0.1) is 0 Å². The highest BCUT2D eigenvalue weighted by Gasteiger charge is 2.25. The highest BCUT2D eigenvalue weighted by Crippen LogP contribution is 2.22. The van der Waals surface area contributed by atoms with Crippen molar-refractivity contribution in [1.29, 1.82) is 0 Å². The van der Waals surface area contributed by atoms with E-state index in [1.807, 2.05) is 24.3 Å². The van der Waals surface area contributed by atoms with Gasteiger partial charge >= 0.3 is 6.09 Å². The largest absolute Gasteiger partial charge is 0.465 e. The van der Waals surface area contributed by atoms with Crippen molar-refractivity contribution in [3.8, 4) is 0 Å². The fourth-order valence-corrected chi connectivity index (χ4v) is 3.30. The first-order valence-electron chi connectivity index (χ1n) is 8.65. The molecule has 0 saturated carbocycles. The topological polar surface area (TPSA) is 69.6 Å².